The number of benzene rings is 1. The van der Waals surface area contributed by atoms with E-state index in [1.165, 1.54) is 7.11 Å². The van der Waals surface area contributed by atoms with Crippen molar-refractivity contribution in [2.24, 2.45) is 0 Å². The summed E-state index contributed by atoms with van der Waals surface area (Å²) in [5, 5.41) is 0. The number of ether oxygens (including phenoxy) is 2. The molecule has 0 radical (unpaired) electrons. The lowest BCUT2D eigenvalue weighted by Crippen LogP contribution is -2.31. The lowest BCUT2D eigenvalue weighted by Gasteiger charge is -2.19. The minimum Gasteiger partial charge on any atom is -0.467 e. The first-order valence-corrected chi connectivity index (χ1v) is 7.89. The van der Waals surface area contributed by atoms with Crippen molar-refractivity contribution in [1.82, 2.24) is 9.47 Å². The Morgan fingerprint density at radius 3 is 2.67 bits per heavy atom. The van der Waals surface area contributed by atoms with E-state index in [1.54, 1.807) is 4.90 Å². The Hall–Kier alpha value is -2.60. The number of methoxy groups -OCH3 is 1. The van der Waals surface area contributed by atoms with Gasteiger partial charge in [0.15, 0.2) is 0 Å². The van der Waals surface area contributed by atoms with Crippen LogP contribution >= 0.6 is 0 Å². The van der Waals surface area contributed by atoms with Crippen molar-refractivity contribution < 1.29 is 19.1 Å². The second-order valence-electron chi connectivity index (χ2n) is 5.66. The fourth-order valence-corrected chi connectivity index (χ4v) is 2.84. The zero-order valence-electron chi connectivity index (χ0n) is 13.6. The Bertz CT molecular complexity index is 712. The summed E-state index contributed by atoms with van der Waals surface area (Å²) in [6.45, 7) is 1.02. The van der Waals surface area contributed by atoms with Crippen LogP contribution in [0.25, 0.3) is 5.69 Å². The molecular weight excluding hydrogens is 308 g/mol. The SMILES string of the molecule is COC(=O)COC1CCN(C(=O)c2ccccc2-n2cccc2)C1. The van der Waals surface area contributed by atoms with Gasteiger partial charge in [-0.2, -0.15) is 0 Å². The first-order chi connectivity index (χ1) is 11.7. The number of carbonyl (C=O) groups excluding carboxylic acids is 2. The van der Waals surface area contributed by atoms with Gasteiger partial charge in [0, 0.05) is 25.5 Å². The molecule has 24 heavy (non-hydrogen) atoms. The van der Waals surface area contributed by atoms with Crippen LogP contribution < -0.4 is 0 Å². The number of hydrogen-bond donors (Lipinski definition) is 0. The first-order valence-electron chi connectivity index (χ1n) is 7.89. The van der Waals surface area contributed by atoms with Crippen molar-refractivity contribution in [2.75, 3.05) is 26.8 Å². The van der Waals surface area contributed by atoms with Crippen molar-refractivity contribution in [3.05, 3.63) is 54.4 Å². The van der Waals surface area contributed by atoms with Gasteiger partial charge in [-0.25, -0.2) is 4.79 Å². The number of nitrogens with zero attached hydrogens (tertiary/aromatic N) is 2. The van der Waals surface area contributed by atoms with Crippen molar-refractivity contribution in [2.45, 2.75) is 12.5 Å². The summed E-state index contributed by atoms with van der Waals surface area (Å²) in [7, 11) is 1.33. The predicted octanol–water partition coefficient (Wildman–Crippen LogP) is 1.88. The zero-order valence-corrected chi connectivity index (χ0v) is 13.6. The largest absolute Gasteiger partial charge is 0.467 e. The van der Waals surface area contributed by atoms with E-state index in [0.29, 0.717) is 25.1 Å². The molecule has 126 valence electrons. The van der Waals surface area contributed by atoms with Crippen LogP contribution in [0.15, 0.2) is 48.8 Å². The van der Waals surface area contributed by atoms with E-state index < -0.39 is 5.97 Å². The molecule has 1 fully saturated rings. The fraction of sp³-hybridized carbons (Fsp3) is 0.333. The number of carbonyl (C=O) groups is 2. The molecule has 1 atom stereocenters. The van der Waals surface area contributed by atoms with E-state index in [0.717, 1.165) is 5.69 Å². The molecule has 1 saturated heterocycles. The van der Waals surface area contributed by atoms with E-state index in [9.17, 15) is 9.59 Å². The van der Waals surface area contributed by atoms with E-state index >= 15 is 0 Å². The summed E-state index contributed by atoms with van der Waals surface area (Å²) in [4.78, 5) is 25.8. The number of amides is 1. The Morgan fingerprint density at radius 1 is 1.17 bits per heavy atom. The third-order valence-corrected chi connectivity index (χ3v) is 4.11. The van der Waals surface area contributed by atoms with Crippen LogP contribution in [0.1, 0.15) is 16.8 Å². The van der Waals surface area contributed by atoms with Gasteiger partial charge in [0.05, 0.1) is 24.5 Å². The van der Waals surface area contributed by atoms with Crippen LogP contribution in [-0.2, 0) is 14.3 Å². The third kappa shape index (κ3) is 3.49. The normalized spacial score (nSPS) is 17.0. The van der Waals surface area contributed by atoms with Crippen LogP contribution in [-0.4, -0.2) is 54.3 Å². The van der Waals surface area contributed by atoms with Crippen LogP contribution in [0.3, 0.4) is 0 Å². The molecule has 0 aliphatic carbocycles. The van der Waals surface area contributed by atoms with Crippen molar-refractivity contribution >= 4 is 11.9 Å². The summed E-state index contributed by atoms with van der Waals surface area (Å²) in [6.07, 6.45) is 4.41. The summed E-state index contributed by atoms with van der Waals surface area (Å²) >= 11 is 0. The van der Waals surface area contributed by atoms with Gasteiger partial charge in [-0.05, 0) is 30.7 Å². The van der Waals surface area contributed by atoms with Gasteiger partial charge in [0.25, 0.3) is 5.91 Å². The molecule has 3 rings (SSSR count). The Morgan fingerprint density at radius 2 is 1.92 bits per heavy atom. The summed E-state index contributed by atoms with van der Waals surface area (Å²) in [5.74, 6) is -0.429. The molecule has 2 aromatic rings. The predicted molar refractivity (Wildman–Crippen MR) is 88.0 cm³/mol. The van der Waals surface area contributed by atoms with Gasteiger partial charge in [-0.15, -0.1) is 0 Å². The average Bonchev–Trinajstić information content (AvgIpc) is 3.30. The number of aromatic nitrogens is 1. The summed E-state index contributed by atoms with van der Waals surface area (Å²) in [6, 6.07) is 11.4. The molecule has 1 amide bonds. The Labute approximate surface area is 140 Å². The van der Waals surface area contributed by atoms with Crippen LogP contribution in [0.4, 0.5) is 0 Å². The quantitative estimate of drug-likeness (QED) is 0.786. The molecule has 6 heteroatoms. The van der Waals surface area contributed by atoms with E-state index in [-0.39, 0.29) is 18.6 Å². The second kappa shape index (κ2) is 7.31. The Kier molecular flexibility index (Phi) is 4.96. The van der Waals surface area contributed by atoms with Crippen LogP contribution in [0.2, 0.25) is 0 Å². The molecule has 1 aliphatic rings. The van der Waals surface area contributed by atoms with Gasteiger partial charge in [0.1, 0.15) is 6.61 Å². The lowest BCUT2D eigenvalue weighted by atomic mass is 10.1. The number of para-hydroxylation sites is 1. The summed E-state index contributed by atoms with van der Waals surface area (Å²) < 4.78 is 12.0. The van der Waals surface area contributed by atoms with Gasteiger partial charge < -0.3 is 18.9 Å². The van der Waals surface area contributed by atoms with Gasteiger partial charge in [-0.1, -0.05) is 12.1 Å². The van der Waals surface area contributed by atoms with Crippen molar-refractivity contribution in [1.29, 1.82) is 0 Å². The molecule has 0 spiro atoms. The molecule has 0 saturated carbocycles. The zero-order chi connectivity index (χ0) is 16.9. The standard InChI is InChI=1S/C18H20N2O4/c1-23-17(21)13-24-14-8-11-20(12-14)18(22)15-6-2-3-7-16(15)19-9-4-5-10-19/h2-7,9-10,14H,8,11-13H2,1H3. The molecular formula is C18H20N2O4. The number of rotatable bonds is 5. The Balaban J connectivity index is 1.69. The highest BCUT2D eigenvalue weighted by Crippen LogP contribution is 2.21. The topological polar surface area (TPSA) is 60.8 Å². The van der Waals surface area contributed by atoms with Crippen molar-refractivity contribution in [3.8, 4) is 5.69 Å². The highest BCUT2D eigenvalue weighted by molar-refractivity contribution is 5.98. The fourth-order valence-electron chi connectivity index (χ4n) is 2.84. The third-order valence-electron chi connectivity index (χ3n) is 4.11. The van der Waals surface area contributed by atoms with Gasteiger partial charge in [-0.3, -0.25) is 4.79 Å². The molecule has 1 aromatic carbocycles. The molecule has 2 heterocycles. The molecule has 0 bridgehead atoms. The molecule has 0 N–H and O–H groups in total. The maximum absolute atomic E-state index is 12.9. The minimum absolute atomic E-state index is 0.0246. The molecule has 1 unspecified atom stereocenters. The smallest absolute Gasteiger partial charge is 0.331 e. The van der Waals surface area contributed by atoms with Crippen LogP contribution in [0, 0.1) is 0 Å². The summed E-state index contributed by atoms with van der Waals surface area (Å²) in [5.41, 5.74) is 1.51. The number of likely N-dealkylation sites (tertiary alicyclic amines) is 1. The average molecular weight is 328 g/mol. The molecule has 6 nitrogen and oxygen atoms in total. The minimum atomic E-state index is -0.405. The first kappa shape index (κ1) is 16.3. The van der Waals surface area contributed by atoms with Gasteiger partial charge in [0.2, 0.25) is 0 Å². The lowest BCUT2D eigenvalue weighted by molar-refractivity contribution is -0.147. The maximum atomic E-state index is 12.9. The van der Waals surface area contributed by atoms with Crippen molar-refractivity contribution in [3.63, 3.8) is 0 Å². The van der Waals surface area contributed by atoms with E-state index in [1.807, 2.05) is 53.4 Å². The molecule has 1 aromatic heterocycles. The second-order valence-corrected chi connectivity index (χ2v) is 5.66. The highest BCUT2D eigenvalue weighted by atomic mass is 16.6. The monoisotopic (exact) mass is 328 g/mol. The molecule has 1 aliphatic heterocycles. The number of esters is 1. The van der Waals surface area contributed by atoms with Crippen LogP contribution in [0.5, 0.6) is 0 Å². The van der Waals surface area contributed by atoms with E-state index in [4.69, 9.17) is 4.74 Å². The maximum Gasteiger partial charge on any atom is 0.331 e. The highest BCUT2D eigenvalue weighted by Gasteiger charge is 2.29. The van der Waals surface area contributed by atoms with Gasteiger partial charge >= 0.3 is 5.97 Å². The number of hydrogen-bond acceptors (Lipinski definition) is 4. The van der Waals surface area contributed by atoms with E-state index in [2.05, 4.69) is 4.74 Å².